The molecule has 8 heteroatoms. The Balaban J connectivity index is 1.38. The van der Waals surface area contributed by atoms with E-state index in [1.54, 1.807) is 53.2 Å². The average Bonchev–Trinajstić information content (AvgIpc) is 3.26. The van der Waals surface area contributed by atoms with Crippen LogP contribution in [0.25, 0.3) is 16.7 Å². The Hall–Kier alpha value is -4.90. The van der Waals surface area contributed by atoms with Crippen molar-refractivity contribution in [1.29, 1.82) is 5.26 Å². The number of benzene rings is 3. The lowest BCUT2D eigenvalue weighted by molar-refractivity contribution is 0.438. The molecule has 3 aromatic carbocycles. The smallest absolute Gasteiger partial charge is 0.304 e. The molecule has 0 atom stereocenters. The third-order valence-corrected chi connectivity index (χ3v) is 4.67. The third kappa shape index (κ3) is 3.78. The standard InChI is InChI=1S/C24H15N5O3/c25-14-16-6-8-18(9-7-16)31-19-10-12-20(13-11-19)32-24-27-22-21(23(30)28-24)15-26-29(22)17-4-2-1-3-5-17/h1-13,15H,(H,27,28,30). The van der Waals surface area contributed by atoms with Gasteiger partial charge in [0.25, 0.3) is 5.56 Å². The Morgan fingerprint density at radius 2 is 1.47 bits per heavy atom. The van der Waals surface area contributed by atoms with E-state index in [2.05, 4.69) is 21.1 Å². The molecule has 0 aliphatic carbocycles. The highest BCUT2D eigenvalue weighted by Gasteiger charge is 2.12. The summed E-state index contributed by atoms with van der Waals surface area (Å²) < 4.78 is 13.1. The number of aromatic amines is 1. The molecule has 0 fully saturated rings. The van der Waals surface area contributed by atoms with Gasteiger partial charge in [-0.1, -0.05) is 18.2 Å². The second kappa shape index (κ2) is 8.08. The number of rotatable bonds is 5. The zero-order chi connectivity index (χ0) is 21.9. The molecule has 0 amide bonds. The summed E-state index contributed by atoms with van der Waals surface area (Å²) in [6.45, 7) is 0. The van der Waals surface area contributed by atoms with E-state index in [0.29, 0.717) is 33.8 Å². The largest absolute Gasteiger partial charge is 0.457 e. The van der Waals surface area contributed by atoms with Crippen molar-refractivity contribution in [3.63, 3.8) is 0 Å². The highest BCUT2D eigenvalue weighted by Crippen LogP contribution is 2.26. The number of aromatic nitrogens is 4. The summed E-state index contributed by atoms with van der Waals surface area (Å²) in [6.07, 6.45) is 1.48. The van der Waals surface area contributed by atoms with Crippen LogP contribution in [0.5, 0.6) is 23.3 Å². The predicted molar refractivity (Wildman–Crippen MR) is 117 cm³/mol. The Morgan fingerprint density at radius 1 is 0.844 bits per heavy atom. The fourth-order valence-corrected chi connectivity index (χ4v) is 3.13. The molecule has 0 aliphatic heterocycles. The lowest BCUT2D eigenvalue weighted by Gasteiger charge is -2.08. The first-order chi connectivity index (χ1) is 15.7. The molecule has 0 unspecified atom stereocenters. The lowest BCUT2D eigenvalue weighted by atomic mass is 10.2. The molecule has 154 valence electrons. The molecule has 0 radical (unpaired) electrons. The van der Waals surface area contributed by atoms with E-state index in [4.69, 9.17) is 14.7 Å². The average molecular weight is 421 g/mol. The SMILES string of the molecule is N#Cc1ccc(Oc2ccc(Oc3nc4c(cnn4-c4ccccc4)c(=O)[nH]3)cc2)cc1. The van der Waals surface area contributed by atoms with Crippen molar-refractivity contribution in [1.82, 2.24) is 19.7 Å². The first-order valence-corrected chi connectivity index (χ1v) is 9.69. The quantitative estimate of drug-likeness (QED) is 0.446. The van der Waals surface area contributed by atoms with Gasteiger partial charge in [0.2, 0.25) is 0 Å². The number of hydrogen-bond acceptors (Lipinski definition) is 6. The van der Waals surface area contributed by atoms with Gasteiger partial charge in [-0.3, -0.25) is 9.78 Å². The van der Waals surface area contributed by atoms with E-state index in [9.17, 15) is 4.79 Å². The van der Waals surface area contributed by atoms with E-state index in [0.717, 1.165) is 5.69 Å². The minimum absolute atomic E-state index is 0.0564. The molecule has 5 rings (SSSR count). The van der Waals surface area contributed by atoms with Gasteiger partial charge in [-0.05, 0) is 60.7 Å². The molecule has 0 saturated carbocycles. The lowest BCUT2D eigenvalue weighted by Crippen LogP contribution is -2.10. The number of nitrogens with zero attached hydrogens (tertiary/aromatic N) is 4. The first kappa shape index (κ1) is 19.1. The van der Waals surface area contributed by atoms with Crippen LogP contribution in [0.15, 0.2) is 89.9 Å². The second-order valence-electron chi connectivity index (χ2n) is 6.81. The normalized spacial score (nSPS) is 10.6. The molecule has 0 aliphatic rings. The van der Waals surface area contributed by atoms with E-state index in [1.807, 2.05) is 30.3 Å². The highest BCUT2D eigenvalue weighted by atomic mass is 16.5. The zero-order valence-corrected chi connectivity index (χ0v) is 16.6. The van der Waals surface area contributed by atoms with Gasteiger partial charge in [0.05, 0.1) is 23.5 Å². The van der Waals surface area contributed by atoms with Crippen molar-refractivity contribution >= 4 is 11.0 Å². The second-order valence-corrected chi connectivity index (χ2v) is 6.81. The maximum atomic E-state index is 12.5. The molecule has 2 aromatic heterocycles. The predicted octanol–water partition coefficient (Wildman–Crippen LogP) is 4.57. The third-order valence-electron chi connectivity index (χ3n) is 4.67. The van der Waals surface area contributed by atoms with Crippen LogP contribution in [-0.4, -0.2) is 19.7 Å². The topological polar surface area (TPSA) is 106 Å². The first-order valence-electron chi connectivity index (χ1n) is 9.69. The van der Waals surface area contributed by atoms with Crippen molar-refractivity contribution in [3.05, 3.63) is 101 Å². The van der Waals surface area contributed by atoms with Crippen LogP contribution < -0.4 is 15.0 Å². The Bertz CT molecular complexity index is 1480. The van der Waals surface area contributed by atoms with E-state index in [-0.39, 0.29) is 11.6 Å². The van der Waals surface area contributed by atoms with Crippen molar-refractivity contribution in [2.75, 3.05) is 0 Å². The fourth-order valence-electron chi connectivity index (χ4n) is 3.13. The van der Waals surface area contributed by atoms with Crippen LogP contribution >= 0.6 is 0 Å². The minimum atomic E-state index is -0.340. The molecule has 2 heterocycles. The van der Waals surface area contributed by atoms with E-state index in [1.165, 1.54) is 6.20 Å². The van der Waals surface area contributed by atoms with Crippen LogP contribution in [0.1, 0.15) is 5.56 Å². The van der Waals surface area contributed by atoms with Gasteiger partial charge in [-0.15, -0.1) is 0 Å². The number of nitrogens with one attached hydrogen (secondary N) is 1. The van der Waals surface area contributed by atoms with Crippen LogP contribution in [0, 0.1) is 11.3 Å². The van der Waals surface area contributed by atoms with Gasteiger partial charge < -0.3 is 9.47 Å². The maximum Gasteiger partial charge on any atom is 0.304 e. The fraction of sp³-hybridized carbons (Fsp3) is 0. The number of fused-ring (bicyclic) bond motifs is 1. The number of nitriles is 1. The van der Waals surface area contributed by atoms with Gasteiger partial charge in [0.1, 0.15) is 22.6 Å². The zero-order valence-electron chi connectivity index (χ0n) is 16.6. The number of H-pyrrole nitrogens is 1. The Morgan fingerprint density at radius 3 is 2.12 bits per heavy atom. The van der Waals surface area contributed by atoms with Crippen molar-refractivity contribution in [2.24, 2.45) is 0 Å². The molecular weight excluding hydrogens is 406 g/mol. The van der Waals surface area contributed by atoms with Gasteiger partial charge in [0, 0.05) is 0 Å². The molecule has 5 aromatic rings. The molecule has 1 N–H and O–H groups in total. The van der Waals surface area contributed by atoms with Crippen LogP contribution in [0.2, 0.25) is 0 Å². The van der Waals surface area contributed by atoms with Gasteiger partial charge in [-0.25, -0.2) is 4.68 Å². The summed E-state index contributed by atoms with van der Waals surface area (Å²) >= 11 is 0. The van der Waals surface area contributed by atoms with Gasteiger partial charge in [0.15, 0.2) is 5.65 Å². The summed E-state index contributed by atoms with van der Waals surface area (Å²) in [5.41, 5.74) is 1.41. The number of ether oxygens (including phenoxy) is 2. The molecule has 8 nitrogen and oxygen atoms in total. The summed E-state index contributed by atoms with van der Waals surface area (Å²) in [6, 6.07) is 25.2. The van der Waals surface area contributed by atoms with Crippen LogP contribution in [-0.2, 0) is 0 Å². The molecule has 0 saturated heterocycles. The molecular formula is C24H15N5O3. The minimum Gasteiger partial charge on any atom is -0.457 e. The summed E-state index contributed by atoms with van der Waals surface area (Å²) in [7, 11) is 0. The number of para-hydroxylation sites is 1. The van der Waals surface area contributed by atoms with Crippen LogP contribution in [0.4, 0.5) is 0 Å². The van der Waals surface area contributed by atoms with Gasteiger partial charge in [-0.2, -0.15) is 15.3 Å². The van der Waals surface area contributed by atoms with Crippen LogP contribution in [0.3, 0.4) is 0 Å². The Labute approximate surface area is 181 Å². The van der Waals surface area contributed by atoms with E-state index < -0.39 is 0 Å². The summed E-state index contributed by atoms with van der Waals surface area (Å²) in [4.78, 5) is 19.5. The Kier molecular flexibility index (Phi) is 4.82. The molecule has 32 heavy (non-hydrogen) atoms. The molecule has 0 spiro atoms. The van der Waals surface area contributed by atoms with Gasteiger partial charge >= 0.3 is 6.01 Å². The van der Waals surface area contributed by atoms with Crippen molar-refractivity contribution in [3.8, 4) is 35.0 Å². The maximum absolute atomic E-state index is 12.5. The number of hydrogen-bond donors (Lipinski definition) is 1. The monoisotopic (exact) mass is 421 g/mol. The highest BCUT2D eigenvalue weighted by molar-refractivity contribution is 5.75. The molecule has 0 bridgehead atoms. The van der Waals surface area contributed by atoms with E-state index >= 15 is 0 Å². The summed E-state index contributed by atoms with van der Waals surface area (Å²) in [5.74, 6) is 1.69. The summed E-state index contributed by atoms with van der Waals surface area (Å²) in [5, 5.41) is 13.5. The van der Waals surface area contributed by atoms with Crippen molar-refractivity contribution < 1.29 is 9.47 Å². The van der Waals surface area contributed by atoms with Crippen molar-refractivity contribution in [2.45, 2.75) is 0 Å².